The van der Waals surface area contributed by atoms with Crippen LogP contribution in [0.5, 0.6) is 23.0 Å². The minimum atomic E-state index is -0.974. The molecule has 0 atom stereocenters. The van der Waals surface area contributed by atoms with Crippen LogP contribution in [0.25, 0.3) is 6.08 Å². The molecule has 0 radical (unpaired) electrons. The molecule has 2 aromatic carbocycles. The maximum absolute atomic E-state index is 12.4. The van der Waals surface area contributed by atoms with Crippen molar-refractivity contribution in [3.05, 3.63) is 53.3 Å². The lowest BCUT2D eigenvalue weighted by atomic mass is 10.0. The predicted molar refractivity (Wildman–Crippen MR) is 78.9 cm³/mol. The molecule has 0 saturated carbocycles. The average Bonchev–Trinajstić information content (AvgIpc) is 2.54. The van der Waals surface area contributed by atoms with Gasteiger partial charge in [-0.15, -0.1) is 0 Å². The maximum atomic E-state index is 12.4. The summed E-state index contributed by atoms with van der Waals surface area (Å²) in [6.07, 6.45) is 1.45. The highest BCUT2D eigenvalue weighted by molar-refractivity contribution is 6.12. The van der Waals surface area contributed by atoms with E-state index in [2.05, 4.69) is 0 Å². The minimum absolute atomic E-state index is 0.106. The number of carbonyl (C=O) groups excluding carboxylic acids is 1. The zero-order chi connectivity index (χ0) is 16.3. The summed E-state index contributed by atoms with van der Waals surface area (Å²) >= 11 is 0. The lowest BCUT2D eigenvalue weighted by Gasteiger charge is -2.10. The quantitative estimate of drug-likeness (QED) is 0.227. The van der Waals surface area contributed by atoms with Crippen LogP contribution < -0.4 is 0 Å². The first-order valence-corrected chi connectivity index (χ1v) is 6.28. The van der Waals surface area contributed by atoms with E-state index in [0.29, 0.717) is 5.56 Å². The first kappa shape index (κ1) is 15.2. The van der Waals surface area contributed by atoms with Gasteiger partial charge in [0.05, 0.1) is 12.7 Å². The number of ether oxygens (including phenoxy) is 1. The number of aromatic hydroxyl groups is 4. The van der Waals surface area contributed by atoms with Crippen LogP contribution in [0.4, 0.5) is 0 Å². The van der Waals surface area contributed by atoms with Gasteiger partial charge in [-0.05, 0) is 17.7 Å². The summed E-state index contributed by atoms with van der Waals surface area (Å²) in [5.74, 6) is -4.30. The molecule has 6 nitrogen and oxygen atoms in total. The fourth-order valence-corrected chi connectivity index (χ4v) is 1.86. The number of phenolic OH excluding ortho intramolecular Hbond substituents is 4. The second-order valence-corrected chi connectivity index (χ2v) is 4.44. The third-order valence-corrected chi connectivity index (χ3v) is 3.01. The second-order valence-electron chi connectivity index (χ2n) is 4.44. The van der Waals surface area contributed by atoms with Crippen LogP contribution in [-0.2, 0) is 4.74 Å². The molecule has 2 rings (SSSR count). The number of allylic oxidation sites excluding steroid dienone is 1. The third-order valence-electron chi connectivity index (χ3n) is 3.01. The van der Waals surface area contributed by atoms with E-state index in [1.54, 1.807) is 24.3 Å². The highest BCUT2D eigenvalue weighted by Gasteiger charge is 2.24. The Morgan fingerprint density at radius 2 is 1.64 bits per heavy atom. The summed E-state index contributed by atoms with van der Waals surface area (Å²) in [7, 11) is 1.28. The van der Waals surface area contributed by atoms with Crippen molar-refractivity contribution >= 4 is 11.9 Å². The van der Waals surface area contributed by atoms with Crippen LogP contribution in [0.2, 0.25) is 0 Å². The van der Waals surface area contributed by atoms with Gasteiger partial charge < -0.3 is 25.2 Å². The zero-order valence-electron chi connectivity index (χ0n) is 11.6. The number of hydrogen-bond acceptors (Lipinski definition) is 6. The minimum Gasteiger partial charge on any atom is -0.504 e. The molecule has 114 valence electrons. The first-order valence-electron chi connectivity index (χ1n) is 6.28. The number of hydrogen-bond donors (Lipinski definition) is 4. The number of carbonyl (C=O) groups is 1. The van der Waals surface area contributed by atoms with Crippen LogP contribution in [0.1, 0.15) is 15.9 Å². The van der Waals surface area contributed by atoms with Crippen molar-refractivity contribution in [2.45, 2.75) is 0 Å². The molecule has 0 saturated heterocycles. The Morgan fingerprint density at radius 1 is 1.00 bits per heavy atom. The number of phenols is 4. The highest BCUT2D eigenvalue weighted by Crippen LogP contribution is 2.44. The van der Waals surface area contributed by atoms with E-state index in [4.69, 9.17) is 4.74 Å². The Balaban J connectivity index is 2.48. The molecule has 0 aliphatic heterocycles. The van der Waals surface area contributed by atoms with E-state index in [1.807, 2.05) is 6.07 Å². The number of benzene rings is 2. The van der Waals surface area contributed by atoms with Gasteiger partial charge in [0, 0.05) is 0 Å². The molecule has 6 heteroatoms. The van der Waals surface area contributed by atoms with Crippen molar-refractivity contribution in [3.63, 3.8) is 0 Å². The van der Waals surface area contributed by atoms with Gasteiger partial charge in [-0.25, -0.2) is 0 Å². The summed E-state index contributed by atoms with van der Waals surface area (Å²) in [5.41, 5.74) is 0.302. The van der Waals surface area contributed by atoms with E-state index < -0.39 is 34.3 Å². The van der Waals surface area contributed by atoms with Crippen molar-refractivity contribution < 1.29 is 30.0 Å². The van der Waals surface area contributed by atoms with E-state index in [0.717, 1.165) is 6.07 Å². The van der Waals surface area contributed by atoms with Crippen molar-refractivity contribution in [1.82, 2.24) is 0 Å². The molecule has 0 aliphatic rings. The zero-order valence-corrected chi connectivity index (χ0v) is 11.6. The van der Waals surface area contributed by atoms with E-state index >= 15 is 0 Å². The van der Waals surface area contributed by atoms with Gasteiger partial charge in [-0.2, -0.15) is 0 Å². The summed E-state index contributed by atoms with van der Waals surface area (Å²) < 4.78 is 5.01. The molecule has 0 bridgehead atoms. The number of Topliss-reactive ketones (excluding diaryl/α,β-unsaturated/α-hetero) is 1. The van der Waals surface area contributed by atoms with Crippen LogP contribution >= 0.6 is 0 Å². The number of ketones is 1. The molecular weight excluding hydrogens is 288 g/mol. The SMILES string of the molecule is CO/C(=C\c1ccccc1)C(=O)c1cc(O)c(O)c(O)c1O. The fourth-order valence-electron chi connectivity index (χ4n) is 1.86. The van der Waals surface area contributed by atoms with E-state index in [-0.39, 0.29) is 5.76 Å². The Bertz CT molecular complexity index is 734. The maximum Gasteiger partial charge on any atom is 0.231 e. The van der Waals surface area contributed by atoms with Crippen molar-refractivity contribution in [2.24, 2.45) is 0 Å². The van der Waals surface area contributed by atoms with Gasteiger partial charge in [0.1, 0.15) is 0 Å². The smallest absolute Gasteiger partial charge is 0.231 e. The van der Waals surface area contributed by atoms with Gasteiger partial charge in [0.25, 0.3) is 0 Å². The molecule has 2 aromatic rings. The highest BCUT2D eigenvalue weighted by atomic mass is 16.5. The Labute approximate surface area is 126 Å². The Morgan fingerprint density at radius 3 is 2.23 bits per heavy atom. The van der Waals surface area contributed by atoms with Gasteiger partial charge in [-0.3, -0.25) is 4.79 Å². The second kappa shape index (κ2) is 6.09. The standard InChI is InChI=1S/C16H14O6/c1-22-12(7-9-5-3-2-4-6-9)13(18)10-8-11(17)15(20)16(21)14(10)19/h2-8,17,19-21H,1H3/b12-7-. The third kappa shape index (κ3) is 2.80. The van der Waals surface area contributed by atoms with Crippen molar-refractivity contribution in [2.75, 3.05) is 7.11 Å². The van der Waals surface area contributed by atoms with Crippen LogP contribution in [-0.4, -0.2) is 33.3 Å². The normalized spacial score (nSPS) is 11.2. The van der Waals surface area contributed by atoms with Crippen LogP contribution in [0.15, 0.2) is 42.2 Å². The van der Waals surface area contributed by atoms with Gasteiger partial charge >= 0.3 is 0 Å². The number of methoxy groups -OCH3 is 1. The molecular formula is C16H14O6. The lowest BCUT2D eigenvalue weighted by Crippen LogP contribution is -2.06. The Hall–Kier alpha value is -3.15. The van der Waals surface area contributed by atoms with Crippen molar-refractivity contribution in [3.8, 4) is 23.0 Å². The molecule has 0 spiro atoms. The van der Waals surface area contributed by atoms with Gasteiger partial charge in [0.2, 0.25) is 17.3 Å². The molecule has 22 heavy (non-hydrogen) atoms. The van der Waals surface area contributed by atoms with Crippen LogP contribution in [0, 0.1) is 0 Å². The molecule has 0 fully saturated rings. The summed E-state index contributed by atoms with van der Waals surface area (Å²) in [6.45, 7) is 0. The van der Waals surface area contributed by atoms with E-state index in [1.165, 1.54) is 13.2 Å². The van der Waals surface area contributed by atoms with Gasteiger partial charge in [-0.1, -0.05) is 30.3 Å². The van der Waals surface area contributed by atoms with Crippen molar-refractivity contribution in [1.29, 1.82) is 0 Å². The summed E-state index contributed by atoms with van der Waals surface area (Å²) in [6, 6.07) is 9.71. The molecule has 0 aliphatic carbocycles. The Kier molecular flexibility index (Phi) is 4.22. The summed E-state index contributed by atoms with van der Waals surface area (Å²) in [4.78, 5) is 12.4. The molecule has 0 unspecified atom stereocenters. The molecule has 4 N–H and O–H groups in total. The molecule has 0 heterocycles. The molecule has 0 aromatic heterocycles. The first-order chi connectivity index (χ1) is 10.5. The average molecular weight is 302 g/mol. The summed E-state index contributed by atoms with van der Waals surface area (Å²) in [5, 5.41) is 38.0. The molecule has 0 amide bonds. The van der Waals surface area contributed by atoms with Gasteiger partial charge in [0.15, 0.2) is 17.3 Å². The monoisotopic (exact) mass is 302 g/mol. The predicted octanol–water partition coefficient (Wildman–Crippen LogP) is 2.38. The lowest BCUT2D eigenvalue weighted by molar-refractivity contribution is 0.0953. The fraction of sp³-hybridized carbons (Fsp3) is 0.0625. The van der Waals surface area contributed by atoms with Crippen LogP contribution in [0.3, 0.4) is 0 Å². The van der Waals surface area contributed by atoms with E-state index in [9.17, 15) is 25.2 Å². The topological polar surface area (TPSA) is 107 Å². The largest absolute Gasteiger partial charge is 0.504 e. The number of rotatable bonds is 4.